The first-order chi connectivity index (χ1) is 8.29. The van der Waals surface area contributed by atoms with Crippen LogP contribution in [0.4, 0.5) is 0 Å². The molecule has 0 fully saturated rings. The summed E-state index contributed by atoms with van der Waals surface area (Å²) in [6.07, 6.45) is 1.09. The largest absolute Gasteiger partial charge is 0.494 e. The van der Waals surface area contributed by atoms with E-state index in [9.17, 15) is 0 Å². The highest BCUT2D eigenvalue weighted by molar-refractivity contribution is 5.86. The predicted molar refractivity (Wildman–Crippen MR) is 69.6 cm³/mol. The highest BCUT2D eigenvalue weighted by Gasteiger charge is 2.20. The molecule has 1 atom stereocenters. The minimum atomic E-state index is 0.418. The maximum atomic E-state index is 5.57. The fourth-order valence-corrected chi connectivity index (χ4v) is 2.66. The summed E-state index contributed by atoms with van der Waals surface area (Å²) in [6.45, 7) is 6.00. The molecule has 17 heavy (non-hydrogen) atoms. The average molecular weight is 230 g/mol. The Hall–Kier alpha value is -1.48. The monoisotopic (exact) mass is 230 g/mol. The van der Waals surface area contributed by atoms with Crippen LogP contribution in [-0.2, 0) is 6.42 Å². The highest BCUT2D eigenvalue weighted by atomic mass is 16.5. The quantitative estimate of drug-likeness (QED) is 0.832. The molecule has 0 saturated heterocycles. The molecule has 0 amide bonds. The molecule has 1 aromatic heterocycles. The fraction of sp³-hybridized carbons (Fsp3) is 0.429. The van der Waals surface area contributed by atoms with Crippen molar-refractivity contribution in [2.24, 2.45) is 0 Å². The van der Waals surface area contributed by atoms with Gasteiger partial charge >= 0.3 is 0 Å². The summed E-state index contributed by atoms with van der Waals surface area (Å²) in [5, 5.41) is 4.80. The summed E-state index contributed by atoms with van der Waals surface area (Å²) < 4.78 is 5.57. The van der Waals surface area contributed by atoms with Crippen molar-refractivity contribution in [1.29, 1.82) is 0 Å². The topological polar surface area (TPSA) is 37.0 Å². The first-order valence-corrected chi connectivity index (χ1v) is 6.30. The number of nitrogens with one attached hydrogen (secondary N) is 2. The van der Waals surface area contributed by atoms with Gasteiger partial charge in [0, 0.05) is 22.6 Å². The Labute approximate surface area is 101 Å². The van der Waals surface area contributed by atoms with Crippen LogP contribution in [0.1, 0.15) is 31.1 Å². The lowest BCUT2D eigenvalue weighted by molar-refractivity contribution is 0.340. The van der Waals surface area contributed by atoms with Crippen molar-refractivity contribution in [3.63, 3.8) is 0 Å². The summed E-state index contributed by atoms with van der Waals surface area (Å²) in [4.78, 5) is 3.52. The average Bonchev–Trinajstić information content (AvgIpc) is 2.70. The van der Waals surface area contributed by atoms with Gasteiger partial charge in [-0.2, -0.15) is 0 Å². The van der Waals surface area contributed by atoms with Crippen LogP contribution in [0, 0.1) is 0 Å². The van der Waals surface area contributed by atoms with E-state index in [-0.39, 0.29) is 0 Å². The van der Waals surface area contributed by atoms with Crippen molar-refractivity contribution in [3.05, 3.63) is 29.5 Å². The first-order valence-electron chi connectivity index (χ1n) is 6.30. The molecule has 1 aliphatic rings. The fourth-order valence-electron chi connectivity index (χ4n) is 2.66. The van der Waals surface area contributed by atoms with Crippen molar-refractivity contribution in [2.45, 2.75) is 26.3 Å². The lowest BCUT2D eigenvalue weighted by Crippen LogP contribution is -2.27. The number of rotatable bonds is 2. The molecular formula is C14H18N2O. The van der Waals surface area contributed by atoms with E-state index in [1.807, 2.05) is 13.0 Å². The van der Waals surface area contributed by atoms with Crippen molar-refractivity contribution in [1.82, 2.24) is 10.3 Å². The molecule has 0 spiro atoms. The van der Waals surface area contributed by atoms with E-state index < -0.39 is 0 Å². The molecule has 1 unspecified atom stereocenters. The molecular weight excluding hydrogens is 212 g/mol. The number of benzene rings is 1. The maximum Gasteiger partial charge on any atom is 0.120 e. The lowest BCUT2D eigenvalue weighted by Gasteiger charge is -2.20. The Bertz CT molecular complexity index is 544. The molecule has 3 rings (SSSR count). The van der Waals surface area contributed by atoms with Crippen LogP contribution < -0.4 is 10.1 Å². The van der Waals surface area contributed by atoms with Gasteiger partial charge in [-0.25, -0.2) is 0 Å². The second-order valence-corrected chi connectivity index (χ2v) is 4.58. The Morgan fingerprint density at radius 3 is 3.12 bits per heavy atom. The zero-order chi connectivity index (χ0) is 11.8. The van der Waals surface area contributed by atoms with Crippen LogP contribution in [0.25, 0.3) is 10.9 Å². The number of aromatic amines is 1. The molecule has 2 aromatic rings. The maximum absolute atomic E-state index is 5.57. The van der Waals surface area contributed by atoms with Crippen LogP contribution in [0.15, 0.2) is 18.2 Å². The third-order valence-electron chi connectivity index (χ3n) is 3.48. The van der Waals surface area contributed by atoms with Crippen LogP contribution in [0.5, 0.6) is 5.75 Å². The second kappa shape index (κ2) is 4.08. The molecule has 2 N–H and O–H groups in total. The zero-order valence-corrected chi connectivity index (χ0v) is 10.3. The molecule has 3 nitrogen and oxygen atoms in total. The molecule has 1 aliphatic heterocycles. The van der Waals surface area contributed by atoms with Gasteiger partial charge < -0.3 is 15.0 Å². The minimum Gasteiger partial charge on any atom is -0.494 e. The molecule has 3 heteroatoms. The van der Waals surface area contributed by atoms with Gasteiger partial charge in [0.25, 0.3) is 0 Å². The van der Waals surface area contributed by atoms with Crippen molar-refractivity contribution >= 4 is 10.9 Å². The number of H-pyrrole nitrogens is 1. The standard InChI is InChI=1S/C14H18N2O/c1-3-17-10-4-5-13-12(8-10)11-6-7-15-9(2)14(11)16-13/h4-5,8-9,15-16H,3,6-7H2,1-2H3. The van der Waals surface area contributed by atoms with Crippen molar-refractivity contribution in [3.8, 4) is 5.75 Å². The normalized spacial score (nSPS) is 19.3. The smallest absolute Gasteiger partial charge is 0.120 e. The van der Waals surface area contributed by atoms with Gasteiger partial charge in [0.1, 0.15) is 5.75 Å². The Balaban J connectivity index is 2.15. The Morgan fingerprint density at radius 1 is 1.41 bits per heavy atom. The van der Waals surface area contributed by atoms with E-state index >= 15 is 0 Å². The van der Waals surface area contributed by atoms with Gasteiger partial charge in [0.2, 0.25) is 0 Å². The van der Waals surface area contributed by atoms with Gasteiger partial charge in [0.15, 0.2) is 0 Å². The van der Waals surface area contributed by atoms with E-state index in [0.29, 0.717) is 6.04 Å². The summed E-state index contributed by atoms with van der Waals surface area (Å²) in [7, 11) is 0. The van der Waals surface area contributed by atoms with Crippen LogP contribution in [0.3, 0.4) is 0 Å². The van der Waals surface area contributed by atoms with Crippen molar-refractivity contribution in [2.75, 3.05) is 13.2 Å². The molecule has 0 aliphatic carbocycles. The molecule has 0 bridgehead atoms. The predicted octanol–water partition coefficient (Wildman–Crippen LogP) is 2.77. The number of hydrogen-bond acceptors (Lipinski definition) is 2. The van der Waals surface area contributed by atoms with Crippen LogP contribution in [0.2, 0.25) is 0 Å². The van der Waals surface area contributed by atoms with Gasteiger partial charge in [-0.05, 0) is 50.6 Å². The SMILES string of the molecule is CCOc1ccc2[nH]c3c(c2c1)CCNC3C. The second-order valence-electron chi connectivity index (χ2n) is 4.58. The number of aromatic nitrogens is 1. The summed E-state index contributed by atoms with van der Waals surface area (Å²) in [6, 6.07) is 6.73. The van der Waals surface area contributed by atoms with E-state index in [1.165, 1.54) is 22.2 Å². The molecule has 90 valence electrons. The third-order valence-corrected chi connectivity index (χ3v) is 3.48. The van der Waals surface area contributed by atoms with Crippen LogP contribution >= 0.6 is 0 Å². The summed E-state index contributed by atoms with van der Waals surface area (Å²) in [5.74, 6) is 0.966. The minimum absolute atomic E-state index is 0.418. The summed E-state index contributed by atoms with van der Waals surface area (Å²) in [5.41, 5.74) is 4.00. The zero-order valence-electron chi connectivity index (χ0n) is 10.3. The Kier molecular flexibility index (Phi) is 2.56. The van der Waals surface area contributed by atoms with Gasteiger partial charge in [-0.3, -0.25) is 0 Å². The molecule has 2 heterocycles. The van der Waals surface area contributed by atoms with E-state index in [1.54, 1.807) is 0 Å². The van der Waals surface area contributed by atoms with Gasteiger partial charge in [-0.15, -0.1) is 0 Å². The first kappa shape index (κ1) is 10.7. The third kappa shape index (κ3) is 1.71. The highest BCUT2D eigenvalue weighted by Crippen LogP contribution is 2.31. The summed E-state index contributed by atoms with van der Waals surface area (Å²) >= 11 is 0. The molecule has 0 saturated carbocycles. The van der Waals surface area contributed by atoms with Gasteiger partial charge in [-0.1, -0.05) is 0 Å². The van der Waals surface area contributed by atoms with Crippen molar-refractivity contribution < 1.29 is 4.74 Å². The molecule has 0 radical (unpaired) electrons. The van der Waals surface area contributed by atoms with E-state index in [0.717, 1.165) is 25.3 Å². The molecule has 1 aromatic carbocycles. The van der Waals surface area contributed by atoms with E-state index in [4.69, 9.17) is 4.74 Å². The van der Waals surface area contributed by atoms with E-state index in [2.05, 4.69) is 29.4 Å². The van der Waals surface area contributed by atoms with Gasteiger partial charge in [0.05, 0.1) is 6.61 Å². The Morgan fingerprint density at radius 2 is 2.29 bits per heavy atom. The number of fused-ring (bicyclic) bond motifs is 3. The lowest BCUT2D eigenvalue weighted by atomic mass is 10.0. The number of ether oxygens (including phenoxy) is 1. The number of hydrogen-bond donors (Lipinski definition) is 2. The van der Waals surface area contributed by atoms with Crippen LogP contribution in [-0.4, -0.2) is 18.1 Å².